The van der Waals surface area contributed by atoms with E-state index in [1.165, 1.54) is 44.2 Å². The average Bonchev–Trinajstić information content (AvgIpc) is 3.02. The number of nitrogens with zero attached hydrogens (tertiary/aromatic N) is 2. The Balaban J connectivity index is 0.00000138. The standard InChI is InChI=1S/C38H32N2.CH3.ClH.Pd/c1-25-17-21-29(22-18-25)33-13-5-9-31-11-7-15-35(37(31)33)39-27(3)28(4)40-36-16-8-12-32-10-6-14-34(38(32)36)30-23-19-26(2)20-24-30;;;/h5-24H,1-4H3;1H3;1H;/q;-1;;+2/p-1. The third kappa shape index (κ3) is 7.03. The Labute approximate surface area is 270 Å². The molecule has 0 aliphatic rings. The molecule has 2 nitrogen and oxygen atoms in total. The second-order valence-electron chi connectivity index (χ2n) is 10.5. The summed E-state index contributed by atoms with van der Waals surface area (Å²) in [6, 6.07) is 43.0. The summed E-state index contributed by atoms with van der Waals surface area (Å²) in [6.07, 6.45) is 0. The van der Waals surface area contributed by atoms with E-state index in [0.717, 1.165) is 33.6 Å². The van der Waals surface area contributed by atoms with Gasteiger partial charge < -0.3 is 7.43 Å². The summed E-state index contributed by atoms with van der Waals surface area (Å²) in [4.78, 5) is 10.3. The maximum atomic E-state index is 5.14. The molecule has 0 heterocycles. The summed E-state index contributed by atoms with van der Waals surface area (Å²) in [5.74, 6) is 0. The number of benzene rings is 6. The van der Waals surface area contributed by atoms with Crippen molar-refractivity contribution in [3.63, 3.8) is 0 Å². The summed E-state index contributed by atoms with van der Waals surface area (Å²) in [7, 11) is 4.49. The Morgan fingerprint density at radius 2 is 0.814 bits per heavy atom. The van der Waals surface area contributed by atoms with Crippen LogP contribution in [0.15, 0.2) is 131 Å². The van der Waals surface area contributed by atoms with Crippen molar-refractivity contribution in [2.75, 3.05) is 0 Å². The van der Waals surface area contributed by atoms with Gasteiger partial charge in [-0.3, -0.25) is 9.98 Å². The number of hydrogen-bond donors (Lipinski definition) is 0. The Kier molecular flexibility index (Phi) is 10.8. The van der Waals surface area contributed by atoms with E-state index in [1.54, 1.807) is 0 Å². The number of hydrogen-bond acceptors (Lipinski definition) is 2. The molecule has 0 amide bonds. The van der Waals surface area contributed by atoms with Gasteiger partial charge in [-0.15, -0.1) is 0 Å². The van der Waals surface area contributed by atoms with Gasteiger partial charge in [-0.25, -0.2) is 0 Å². The van der Waals surface area contributed by atoms with Gasteiger partial charge in [-0.05, 0) is 72.9 Å². The summed E-state index contributed by atoms with van der Waals surface area (Å²) in [6.45, 7) is 8.35. The fourth-order valence-corrected chi connectivity index (χ4v) is 5.30. The van der Waals surface area contributed by atoms with Crippen LogP contribution in [-0.4, -0.2) is 11.4 Å². The monoisotopic (exact) mass is 672 g/mol. The van der Waals surface area contributed by atoms with Crippen molar-refractivity contribution in [1.82, 2.24) is 0 Å². The molecule has 0 fully saturated rings. The van der Waals surface area contributed by atoms with Gasteiger partial charge in [0.05, 0.1) is 22.8 Å². The van der Waals surface area contributed by atoms with Crippen molar-refractivity contribution in [3.8, 4) is 22.3 Å². The molecular formula is C39H35ClN2Pd. The van der Waals surface area contributed by atoms with Crippen molar-refractivity contribution in [2.45, 2.75) is 27.7 Å². The summed E-state index contributed by atoms with van der Waals surface area (Å²) < 4.78 is 0. The molecule has 0 bridgehead atoms. The van der Waals surface area contributed by atoms with E-state index in [2.05, 4.69) is 177 Å². The number of halogens is 1. The topological polar surface area (TPSA) is 24.7 Å². The van der Waals surface area contributed by atoms with Crippen molar-refractivity contribution >= 4 is 53.9 Å². The van der Waals surface area contributed by atoms with Crippen LogP contribution in [0.3, 0.4) is 0 Å². The number of aryl methyl sites for hydroxylation is 2. The molecule has 218 valence electrons. The van der Waals surface area contributed by atoms with Crippen molar-refractivity contribution in [2.24, 2.45) is 9.98 Å². The zero-order valence-electron chi connectivity index (χ0n) is 25.1. The van der Waals surface area contributed by atoms with Gasteiger partial charge in [0.15, 0.2) is 0 Å². The molecule has 0 saturated heterocycles. The van der Waals surface area contributed by atoms with Gasteiger partial charge in [-0.2, -0.15) is 0 Å². The van der Waals surface area contributed by atoms with E-state index in [1.807, 2.05) is 0 Å². The molecule has 0 radical (unpaired) electrons. The first-order valence-corrected chi connectivity index (χ1v) is 15.9. The van der Waals surface area contributed by atoms with Crippen molar-refractivity contribution in [1.29, 1.82) is 0 Å². The SMILES string of the molecule is CC(=Nc1cccc2cccc(-c3ccc(C)cc3)c12)C(C)=Nc1cccc2cccc(-c3ccc(C)cc3)c12.[CH3-].[Cl][Pd+]. The van der Waals surface area contributed by atoms with Crippen LogP contribution in [0.1, 0.15) is 25.0 Å². The van der Waals surface area contributed by atoms with E-state index >= 15 is 0 Å². The molecule has 0 unspecified atom stereocenters. The zero-order valence-corrected chi connectivity index (χ0v) is 27.4. The minimum absolute atomic E-state index is 0. The van der Waals surface area contributed by atoms with Crippen LogP contribution in [0.5, 0.6) is 0 Å². The van der Waals surface area contributed by atoms with E-state index < -0.39 is 0 Å². The molecule has 0 aromatic heterocycles. The first-order valence-electron chi connectivity index (χ1n) is 13.9. The van der Waals surface area contributed by atoms with E-state index in [9.17, 15) is 0 Å². The number of aliphatic imine (C=N–C) groups is 2. The van der Waals surface area contributed by atoms with E-state index in [4.69, 9.17) is 9.98 Å². The van der Waals surface area contributed by atoms with Crippen LogP contribution in [0.25, 0.3) is 43.8 Å². The molecule has 0 aliphatic heterocycles. The third-order valence-corrected chi connectivity index (χ3v) is 7.59. The summed E-state index contributed by atoms with van der Waals surface area (Å²) in [5, 5.41) is 4.68. The van der Waals surface area contributed by atoms with E-state index in [-0.39, 0.29) is 7.43 Å². The van der Waals surface area contributed by atoms with Gasteiger partial charge in [-0.1, -0.05) is 120 Å². The molecule has 4 heteroatoms. The number of rotatable bonds is 5. The Morgan fingerprint density at radius 1 is 0.488 bits per heavy atom. The summed E-state index contributed by atoms with van der Waals surface area (Å²) in [5.41, 5.74) is 11.0. The van der Waals surface area contributed by atoms with E-state index in [0.29, 0.717) is 0 Å². The Morgan fingerprint density at radius 3 is 1.16 bits per heavy atom. The molecule has 0 N–H and O–H groups in total. The first-order chi connectivity index (χ1) is 20.5. The predicted octanol–water partition coefficient (Wildman–Crippen LogP) is 12.0. The fraction of sp³-hybridized carbons (Fsp3) is 0.103. The molecule has 6 aromatic rings. The molecular weight excluding hydrogens is 638 g/mol. The van der Waals surface area contributed by atoms with Gasteiger partial charge in [0, 0.05) is 10.8 Å². The fourth-order valence-electron chi connectivity index (χ4n) is 5.30. The summed E-state index contributed by atoms with van der Waals surface area (Å²) >= 11 is 2.22. The minimum atomic E-state index is 0. The predicted molar refractivity (Wildman–Crippen MR) is 186 cm³/mol. The van der Waals surface area contributed by atoms with Gasteiger partial charge in [0.1, 0.15) is 0 Å². The molecule has 6 rings (SSSR count). The Hall–Kier alpha value is -3.87. The zero-order chi connectivity index (χ0) is 29.6. The van der Waals surface area contributed by atoms with Crippen LogP contribution in [0, 0.1) is 21.3 Å². The number of fused-ring (bicyclic) bond motifs is 2. The second kappa shape index (κ2) is 14.5. The molecule has 6 aromatic carbocycles. The van der Waals surface area contributed by atoms with Crippen LogP contribution >= 0.6 is 9.53 Å². The maximum absolute atomic E-state index is 5.14. The van der Waals surface area contributed by atoms with Crippen LogP contribution in [0.4, 0.5) is 11.4 Å². The van der Waals surface area contributed by atoms with Gasteiger partial charge in [0.25, 0.3) is 0 Å². The van der Waals surface area contributed by atoms with Crippen LogP contribution in [0.2, 0.25) is 0 Å². The Bertz CT molecular complexity index is 1770. The average molecular weight is 674 g/mol. The van der Waals surface area contributed by atoms with Crippen LogP contribution in [-0.2, 0) is 18.2 Å². The van der Waals surface area contributed by atoms with Gasteiger partial charge >= 0.3 is 27.7 Å². The molecule has 0 atom stereocenters. The van der Waals surface area contributed by atoms with Crippen molar-refractivity contribution in [3.05, 3.63) is 140 Å². The second-order valence-corrected chi connectivity index (χ2v) is 10.5. The quantitative estimate of drug-likeness (QED) is 0.0989. The molecule has 43 heavy (non-hydrogen) atoms. The molecule has 0 saturated carbocycles. The van der Waals surface area contributed by atoms with Gasteiger partial charge in [0.2, 0.25) is 0 Å². The van der Waals surface area contributed by atoms with Crippen LogP contribution < -0.4 is 0 Å². The third-order valence-electron chi connectivity index (χ3n) is 7.59. The molecule has 0 aliphatic carbocycles. The molecule has 0 spiro atoms. The normalized spacial score (nSPS) is 11.6. The first kappa shape index (κ1) is 32.1. The van der Waals surface area contributed by atoms with Crippen molar-refractivity contribution < 1.29 is 18.2 Å².